The third-order valence-electron chi connectivity index (χ3n) is 2.95. The van der Waals surface area contributed by atoms with E-state index in [4.69, 9.17) is 9.26 Å². The molecule has 0 atom stereocenters. The van der Waals surface area contributed by atoms with Gasteiger partial charge in [0.15, 0.2) is 0 Å². The molecule has 0 saturated carbocycles. The number of ether oxygens (including phenoxy) is 1. The van der Waals surface area contributed by atoms with Crippen LogP contribution in [0.5, 0.6) is 0 Å². The van der Waals surface area contributed by atoms with Gasteiger partial charge in [-0.1, -0.05) is 19.0 Å². The molecule has 0 aliphatic rings. The summed E-state index contributed by atoms with van der Waals surface area (Å²) < 4.78 is 10.6. The number of hydrogen-bond donors (Lipinski definition) is 1. The van der Waals surface area contributed by atoms with Gasteiger partial charge < -0.3 is 9.26 Å². The van der Waals surface area contributed by atoms with Gasteiger partial charge in [0.05, 0.1) is 0 Å². The molecule has 0 aliphatic heterocycles. The lowest BCUT2D eigenvalue weighted by Crippen LogP contribution is -2.36. The summed E-state index contributed by atoms with van der Waals surface area (Å²) in [4.78, 5) is 18.8. The normalized spacial score (nSPS) is 10.7. The van der Waals surface area contributed by atoms with Crippen LogP contribution in [0.25, 0.3) is 11.4 Å². The summed E-state index contributed by atoms with van der Waals surface area (Å²) in [6.07, 6.45) is -0.404. The molecule has 1 amide bonds. The number of carbonyl (C=O) groups excluding carboxylic acids is 1. The minimum Gasteiger partial charge on any atom is -0.444 e. The first-order chi connectivity index (χ1) is 11.8. The minimum absolute atomic E-state index is 0.211. The fourth-order valence-electron chi connectivity index (χ4n) is 1.84. The molecule has 1 aromatic carbocycles. The molecule has 6 nitrogen and oxygen atoms in total. The third-order valence-corrected chi connectivity index (χ3v) is 3.25. The highest BCUT2D eigenvalue weighted by atomic mass is 32.1. The highest BCUT2D eigenvalue weighted by Crippen LogP contribution is 2.19. The summed E-state index contributed by atoms with van der Waals surface area (Å²) in [5.74, 6) is 0.844. The van der Waals surface area contributed by atoms with Gasteiger partial charge in [-0.05, 0) is 52.0 Å². The van der Waals surface area contributed by atoms with Gasteiger partial charge in [0.1, 0.15) is 12.1 Å². The van der Waals surface area contributed by atoms with E-state index in [0.717, 1.165) is 10.5 Å². The van der Waals surface area contributed by atoms with E-state index in [0.29, 0.717) is 18.3 Å². The molecule has 138 valence electrons. The number of nitrogens with zero attached hydrogens (tertiary/aromatic N) is 3. The Morgan fingerprint density at radius 3 is 2.36 bits per heavy atom. The Labute approximate surface area is 155 Å². The smallest absolute Gasteiger partial charge is 0.410 e. The van der Waals surface area contributed by atoms with Crippen molar-refractivity contribution < 1.29 is 14.1 Å². The lowest BCUT2D eigenvalue weighted by atomic mass is 10.2. The van der Waals surface area contributed by atoms with Crippen molar-refractivity contribution in [2.24, 2.45) is 0 Å². The predicted octanol–water partition coefficient (Wildman–Crippen LogP) is 4.81. The molecular formula is C18H27N3O3S. The summed E-state index contributed by atoms with van der Waals surface area (Å²) in [6.45, 7) is 12.1. The molecule has 0 N–H and O–H groups in total. The zero-order valence-electron chi connectivity index (χ0n) is 15.7. The Morgan fingerprint density at radius 1 is 1.24 bits per heavy atom. The van der Waals surface area contributed by atoms with Crippen LogP contribution in [0.2, 0.25) is 0 Å². The molecule has 0 aliphatic carbocycles. The maximum absolute atomic E-state index is 12.1. The Bertz CT molecular complexity index is 663. The van der Waals surface area contributed by atoms with Gasteiger partial charge >= 0.3 is 6.09 Å². The van der Waals surface area contributed by atoms with E-state index in [1.807, 2.05) is 65.8 Å². The fourth-order valence-corrected chi connectivity index (χ4v) is 1.99. The molecule has 0 bridgehead atoms. The molecule has 0 unspecified atom stereocenters. The van der Waals surface area contributed by atoms with Crippen LogP contribution in [-0.2, 0) is 11.3 Å². The van der Waals surface area contributed by atoms with Crippen LogP contribution >= 0.6 is 12.6 Å². The molecule has 0 fully saturated rings. The standard InChI is InChI=1S/C16H21N3O3S.C2H6/c1-5-19(15(20)21-16(2,3)4)10-13-17-14(18-22-13)11-6-8-12(23)9-7-11;1-2/h6-9,23H,5,10H2,1-4H3;1-2H3. The summed E-state index contributed by atoms with van der Waals surface area (Å²) in [5, 5.41) is 3.95. The summed E-state index contributed by atoms with van der Waals surface area (Å²) in [7, 11) is 0. The molecule has 0 spiro atoms. The van der Waals surface area contributed by atoms with Gasteiger partial charge in [-0.2, -0.15) is 4.98 Å². The summed E-state index contributed by atoms with van der Waals surface area (Å²) >= 11 is 4.24. The van der Waals surface area contributed by atoms with Crippen LogP contribution in [0.1, 0.15) is 47.4 Å². The monoisotopic (exact) mass is 365 g/mol. The third kappa shape index (κ3) is 6.78. The van der Waals surface area contributed by atoms with Crippen molar-refractivity contribution in [1.82, 2.24) is 15.0 Å². The van der Waals surface area contributed by atoms with Gasteiger partial charge in [-0.15, -0.1) is 12.6 Å². The molecule has 0 radical (unpaired) electrons. The van der Waals surface area contributed by atoms with Crippen LogP contribution in [0.4, 0.5) is 4.79 Å². The topological polar surface area (TPSA) is 68.5 Å². The molecule has 1 aromatic heterocycles. The Morgan fingerprint density at radius 2 is 1.84 bits per heavy atom. The van der Waals surface area contributed by atoms with Gasteiger partial charge in [-0.3, -0.25) is 4.90 Å². The van der Waals surface area contributed by atoms with E-state index >= 15 is 0 Å². The van der Waals surface area contributed by atoms with E-state index in [1.165, 1.54) is 4.90 Å². The van der Waals surface area contributed by atoms with Crippen molar-refractivity contribution in [3.05, 3.63) is 30.2 Å². The van der Waals surface area contributed by atoms with Crippen LogP contribution in [0.3, 0.4) is 0 Å². The Hall–Kier alpha value is -2.02. The van der Waals surface area contributed by atoms with Crippen molar-refractivity contribution in [1.29, 1.82) is 0 Å². The van der Waals surface area contributed by atoms with Crippen LogP contribution in [0, 0.1) is 0 Å². The number of aromatic nitrogens is 2. The van der Waals surface area contributed by atoms with E-state index < -0.39 is 11.7 Å². The molecule has 1 heterocycles. The van der Waals surface area contributed by atoms with Crippen molar-refractivity contribution >= 4 is 18.7 Å². The highest BCUT2D eigenvalue weighted by Gasteiger charge is 2.23. The van der Waals surface area contributed by atoms with E-state index in [-0.39, 0.29) is 6.54 Å². The van der Waals surface area contributed by atoms with Gasteiger partial charge in [-0.25, -0.2) is 4.79 Å². The first-order valence-electron chi connectivity index (χ1n) is 8.38. The summed E-state index contributed by atoms with van der Waals surface area (Å²) in [6, 6.07) is 7.44. The van der Waals surface area contributed by atoms with E-state index in [2.05, 4.69) is 22.8 Å². The average Bonchev–Trinajstić information content (AvgIpc) is 3.02. The van der Waals surface area contributed by atoms with Gasteiger partial charge in [0.25, 0.3) is 0 Å². The van der Waals surface area contributed by atoms with E-state index in [9.17, 15) is 4.79 Å². The second kappa shape index (κ2) is 9.46. The molecule has 7 heteroatoms. The van der Waals surface area contributed by atoms with Crippen molar-refractivity contribution in [2.45, 2.75) is 58.6 Å². The quantitative estimate of drug-likeness (QED) is 0.788. The number of hydrogen-bond acceptors (Lipinski definition) is 6. The maximum Gasteiger partial charge on any atom is 0.410 e. The zero-order chi connectivity index (χ0) is 19.0. The van der Waals surface area contributed by atoms with Crippen molar-refractivity contribution in [3.63, 3.8) is 0 Å². The second-order valence-electron chi connectivity index (χ2n) is 6.05. The fraction of sp³-hybridized carbons (Fsp3) is 0.500. The molecule has 2 aromatic rings. The van der Waals surface area contributed by atoms with Gasteiger partial charge in [0.2, 0.25) is 11.7 Å². The van der Waals surface area contributed by atoms with Crippen molar-refractivity contribution in [3.8, 4) is 11.4 Å². The van der Waals surface area contributed by atoms with Gasteiger partial charge in [0, 0.05) is 17.0 Å². The summed E-state index contributed by atoms with van der Waals surface area (Å²) in [5.41, 5.74) is 0.289. The Balaban J connectivity index is 0.00000151. The Kier molecular flexibility index (Phi) is 7.96. The molecule has 0 saturated heterocycles. The van der Waals surface area contributed by atoms with Crippen LogP contribution in [-0.4, -0.2) is 33.3 Å². The predicted molar refractivity (Wildman–Crippen MR) is 101 cm³/mol. The number of benzene rings is 1. The van der Waals surface area contributed by atoms with Crippen molar-refractivity contribution in [2.75, 3.05) is 6.54 Å². The minimum atomic E-state index is -0.543. The molecule has 25 heavy (non-hydrogen) atoms. The molecule has 2 rings (SSSR count). The van der Waals surface area contributed by atoms with Crippen LogP contribution < -0.4 is 0 Å². The number of carbonyl (C=O) groups is 1. The van der Waals surface area contributed by atoms with E-state index in [1.54, 1.807) is 0 Å². The largest absolute Gasteiger partial charge is 0.444 e. The lowest BCUT2D eigenvalue weighted by molar-refractivity contribution is 0.0226. The first-order valence-corrected chi connectivity index (χ1v) is 8.83. The SMILES string of the molecule is CC.CCN(Cc1nc(-c2ccc(S)cc2)no1)C(=O)OC(C)(C)C. The first kappa shape index (κ1) is 21.0. The zero-order valence-corrected chi connectivity index (χ0v) is 16.6. The second-order valence-corrected chi connectivity index (χ2v) is 6.57. The highest BCUT2D eigenvalue weighted by molar-refractivity contribution is 7.80. The maximum atomic E-state index is 12.1. The van der Waals surface area contributed by atoms with Crippen LogP contribution in [0.15, 0.2) is 33.7 Å². The number of rotatable bonds is 4. The average molecular weight is 365 g/mol. The number of amides is 1. The molecular weight excluding hydrogens is 338 g/mol. The lowest BCUT2D eigenvalue weighted by Gasteiger charge is -2.25. The number of thiol groups is 1.